The molecule has 0 rings (SSSR count). The van der Waals surface area contributed by atoms with Gasteiger partial charge in [0, 0.05) is 9.81 Å². The van der Waals surface area contributed by atoms with Gasteiger partial charge in [-0.3, -0.25) is 0 Å². The highest BCUT2D eigenvalue weighted by Crippen LogP contribution is 2.41. The van der Waals surface area contributed by atoms with Crippen molar-refractivity contribution in [3.05, 3.63) is 57.4 Å². The summed E-state index contributed by atoms with van der Waals surface area (Å²) in [5.41, 5.74) is 0.369. The van der Waals surface area contributed by atoms with E-state index in [2.05, 4.69) is 0 Å². The smallest absolute Gasteiger partial charge is 0.336 e. The average molecular weight is 431 g/mol. The second kappa shape index (κ2) is 25.3. The molecule has 0 fully saturated rings. The van der Waals surface area contributed by atoms with Gasteiger partial charge in [0.1, 0.15) is 0 Å². The Kier molecular flexibility index (Phi) is 30.7. The molecule has 0 saturated carbocycles. The van der Waals surface area contributed by atoms with Crippen molar-refractivity contribution in [3.8, 4) is 0 Å². The quantitative estimate of drug-likeness (QED) is 0.232. The van der Waals surface area contributed by atoms with Crippen molar-refractivity contribution in [2.24, 2.45) is 0 Å². The Hall–Kier alpha value is -1.66. The summed E-state index contributed by atoms with van der Waals surface area (Å²) in [5, 5.41) is 18.4. The van der Waals surface area contributed by atoms with Crippen LogP contribution in [0.5, 0.6) is 0 Å². The summed E-state index contributed by atoms with van der Waals surface area (Å²) in [5.74, 6) is -2.03. The lowest BCUT2D eigenvalue weighted by atomic mass is 10.2. The molecule has 0 saturated heterocycles. The minimum absolute atomic E-state index is 0.172. The number of aliphatic carboxylic acids is 2. The van der Waals surface area contributed by atoms with Crippen LogP contribution in [0, 0.1) is 0 Å². The number of carbonyl (C=O) groups is 2. The van der Waals surface area contributed by atoms with E-state index in [-0.39, 0.29) is 11.1 Å². The molecule has 0 aliphatic carbocycles. The van der Waals surface area contributed by atoms with Crippen molar-refractivity contribution < 1.29 is 19.8 Å². The molecular formula is C22H38O4S2. The fourth-order valence-electron chi connectivity index (χ4n) is 1.45. The Morgan fingerprint density at radius 1 is 0.679 bits per heavy atom. The van der Waals surface area contributed by atoms with Crippen molar-refractivity contribution in [3.63, 3.8) is 0 Å². The van der Waals surface area contributed by atoms with Crippen molar-refractivity contribution in [1.29, 1.82) is 0 Å². The van der Waals surface area contributed by atoms with Crippen molar-refractivity contribution >= 4 is 33.5 Å². The molecule has 4 nitrogen and oxygen atoms in total. The molecule has 28 heavy (non-hydrogen) atoms. The van der Waals surface area contributed by atoms with Gasteiger partial charge in [0.25, 0.3) is 0 Å². The molecule has 0 aliphatic heterocycles. The van der Waals surface area contributed by atoms with Gasteiger partial charge in [-0.2, -0.15) is 0 Å². The van der Waals surface area contributed by atoms with Crippen LogP contribution in [0.15, 0.2) is 57.4 Å². The van der Waals surface area contributed by atoms with E-state index in [1.165, 1.54) is 33.7 Å². The SMILES string of the molecule is CC.CC.CC.C\C=C/C(SSC(=C/C)/C(=C\C)C(=O)O)=C(\C=C/C)C(=O)O. The summed E-state index contributed by atoms with van der Waals surface area (Å²) in [6, 6.07) is 0. The zero-order valence-electron chi connectivity index (χ0n) is 19.0. The van der Waals surface area contributed by atoms with Crippen LogP contribution in [0.2, 0.25) is 0 Å². The van der Waals surface area contributed by atoms with Crippen molar-refractivity contribution in [2.75, 3.05) is 0 Å². The van der Waals surface area contributed by atoms with Gasteiger partial charge in [-0.05, 0) is 27.7 Å². The Morgan fingerprint density at radius 2 is 1.14 bits per heavy atom. The van der Waals surface area contributed by atoms with Crippen LogP contribution in [0.1, 0.15) is 69.2 Å². The summed E-state index contributed by atoms with van der Waals surface area (Å²) in [6.45, 7) is 18.9. The van der Waals surface area contributed by atoms with E-state index in [1.807, 2.05) is 41.5 Å². The third-order valence-electron chi connectivity index (χ3n) is 2.42. The van der Waals surface area contributed by atoms with Crippen LogP contribution in [-0.4, -0.2) is 22.2 Å². The number of carboxylic acid groups (broad SMARTS) is 2. The maximum absolute atomic E-state index is 11.3. The first-order chi connectivity index (χ1) is 13.4. The highest BCUT2D eigenvalue weighted by Gasteiger charge is 2.15. The Morgan fingerprint density at radius 3 is 1.43 bits per heavy atom. The largest absolute Gasteiger partial charge is 0.478 e. The van der Waals surface area contributed by atoms with E-state index >= 15 is 0 Å². The van der Waals surface area contributed by atoms with Gasteiger partial charge in [-0.15, -0.1) is 0 Å². The molecule has 0 aliphatic rings. The predicted molar refractivity (Wildman–Crippen MR) is 129 cm³/mol. The first kappa shape index (κ1) is 33.9. The first-order valence-electron chi connectivity index (χ1n) is 9.56. The third kappa shape index (κ3) is 15.4. The molecule has 2 N–H and O–H groups in total. The number of rotatable bonds is 8. The summed E-state index contributed by atoms with van der Waals surface area (Å²) in [6.07, 6.45) is 9.85. The van der Waals surface area contributed by atoms with E-state index in [0.29, 0.717) is 9.81 Å². The fraction of sp³-hybridized carbons (Fsp3) is 0.455. The molecule has 0 heterocycles. The monoisotopic (exact) mass is 430 g/mol. The second-order valence-corrected chi connectivity index (χ2v) is 6.12. The lowest BCUT2D eigenvalue weighted by Gasteiger charge is -2.09. The molecular weight excluding hydrogens is 392 g/mol. The summed E-state index contributed by atoms with van der Waals surface area (Å²) in [4.78, 5) is 23.6. The molecule has 0 radical (unpaired) electrons. The topological polar surface area (TPSA) is 74.6 Å². The molecule has 0 spiro atoms. The molecule has 0 aromatic rings. The maximum Gasteiger partial charge on any atom is 0.336 e. The van der Waals surface area contributed by atoms with Gasteiger partial charge < -0.3 is 10.2 Å². The average Bonchev–Trinajstić information content (AvgIpc) is 2.72. The zero-order chi connectivity index (χ0) is 23.1. The van der Waals surface area contributed by atoms with Crippen LogP contribution >= 0.6 is 21.6 Å². The molecule has 0 unspecified atom stereocenters. The van der Waals surface area contributed by atoms with E-state index in [4.69, 9.17) is 5.11 Å². The number of allylic oxidation sites excluding steroid dienone is 5. The highest BCUT2D eigenvalue weighted by molar-refractivity contribution is 8.79. The highest BCUT2D eigenvalue weighted by atomic mass is 33.1. The van der Waals surface area contributed by atoms with Crippen LogP contribution in [0.25, 0.3) is 0 Å². The summed E-state index contributed by atoms with van der Waals surface area (Å²) in [7, 11) is 2.45. The first-order valence-corrected chi connectivity index (χ1v) is 11.7. The van der Waals surface area contributed by atoms with E-state index in [1.54, 1.807) is 52.0 Å². The van der Waals surface area contributed by atoms with Gasteiger partial charge in [0.2, 0.25) is 0 Å². The Labute approximate surface area is 180 Å². The van der Waals surface area contributed by atoms with Gasteiger partial charge in [-0.1, -0.05) is 99.6 Å². The maximum atomic E-state index is 11.3. The van der Waals surface area contributed by atoms with Gasteiger partial charge in [0.05, 0.1) is 11.1 Å². The summed E-state index contributed by atoms with van der Waals surface area (Å²) < 4.78 is 0. The zero-order valence-corrected chi connectivity index (χ0v) is 20.6. The molecule has 0 atom stereocenters. The molecule has 162 valence electrons. The van der Waals surface area contributed by atoms with Crippen LogP contribution < -0.4 is 0 Å². The lowest BCUT2D eigenvalue weighted by molar-refractivity contribution is -0.133. The van der Waals surface area contributed by atoms with E-state index in [0.717, 1.165) is 0 Å². The standard InChI is InChI=1S/C16H20O4S2.3C2H6/c1-5-9-12(16(19)20)14(10-6-2)22-21-13(8-4)11(7-3)15(17)18;3*1-2/h5-10H,1-4H3,(H,17,18)(H,19,20);3*1-2H3/b9-5-,10-6-,11-7+,13-8+,14-12-;;;. The minimum Gasteiger partial charge on any atom is -0.478 e. The molecule has 6 heteroatoms. The number of carboxylic acids is 2. The van der Waals surface area contributed by atoms with E-state index in [9.17, 15) is 14.7 Å². The molecule has 0 amide bonds. The lowest BCUT2D eigenvalue weighted by Crippen LogP contribution is -2.01. The number of hydrogen-bond donors (Lipinski definition) is 2. The van der Waals surface area contributed by atoms with Gasteiger partial charge in [0.15, 0.2) is 0 Å². The molecule has 0 aromatic carbocycles. The molecule has 0 bridgehead atoms. The van der Waals surface area contributed by atoms with Crippen LogP contribution in [0.4, 0.5) is 0 Å². The number of hydrogen-bond acceptors (Lipinski definition) is 4. The van der Waals surface area contributed by atoms with E-state index < -0.39 is 11.9 Å². The fourth-order valence-corrected chi connectivity index (χ4v) is 3.99. The third-order valence-corrected chi connectivity index (χ3v) is 5.00. The molecule has 0 aromatic heterocycles. The van der Waals surface area contributed by atoms with Crippen LogP contribution in [0.3, 0.4) is 0 Å². The Balaban J connectivity index is -0.000000434. The van der Waals surface area contributed by atoms with Crippen molar-refractivity contribution in [1.82, 2.24) is 0 Å². The predicted octanol–water partition coefficient (Wildman–Crippen LogP) is 7.87. The Bertz CT molecular complexity index is 569. The second-order valence-electron chi connectivity index (χ2n) is 3.91. The summed E-state index contributed by atoms with van der Waals surface area (Å²) >= 11 is 0. The van der Waals surface area contributed by atoms with Crippen molar-refractivity contribution in [2.45, 2.75) is 69.2 Å². The van der Waals surface area contributed by atoms with Crippen LogP contribution in [-0.2, 0) is 9.59 Å². The minimum atomic E-state index is -1.02. The van der Waals surface area contributed by atoms with Gasteiger partial charge >= 0.3 is 11.9 Å². The normalized spacial score (nSPS) is 12.1. The van der Waals surface area contributed by atoms with Gasteiger partial charge in [-0.25, -0.2) is 9.59 Å².